The Bertz CT molecular complexity index is 2220. The van der Waals surface area contributed by atoms with Crippen molar-refractivity contribution in [3.63, 3.8) is 0 Å². The molecule has 1 aromatic carbocycles. The molecule has 15 nitrogen and oxygen atoms in total. The molecule has 61 heavy (non-hydrogen) atoms. The molecule has 4 amide bonds. The summed E-state index contributed by atoms with van der Waals surface area (Å²) in [6.07, 6.45) is 0.135. The van der Waals surface area contributed by atoms with Gasteiger partial charge in [-0.25, -0.2) is 26.4 Å². The molecule has 0 bridgehead atoms. The molecule has 19 heteroatoms. The fourth-order valence-corrected chi connectivity index (χ4v) is 10.6. The number of nitrogens with zero attached hydrogens (tertiary/aromatic N) is 3. The number of carboxylic acid groups (broad SMARTS) is 1. The molecule has 0 unspecified atom stereocenters. The van der Waals surface area contributed by atoms with Gasteiger partial charge >= 0.3 is 6.09 Å². The Hall–Kier alpha value is -4.81. The summed E-state index contributed by atoms with van der Waals surface area (Å²) in [5.74, 6) is -3.41. The molecule has 5 aliphatic rings. The van der Waals surface area contributed by atoms with E-state index >= 15 is 4.79 Å². The van der Waals surface area contributed by atoms with Crippen LogP contribution in [0.2, 0.25) is 0 Å². The van der Waals surface area contributed by atoms with Gasteiger partial charge in [0.1, 0.15) is 46.4 Å². The fraction of sp³-hybridized carbons (Fsp3) is 0.643. The molecule has 1 aromatic heterocycles. The topological polar surface area (TPSA) is 194 Å². The van der Waals surface area contributed by atoms with Gasteiger partial charge in [-0.05, 0) is 101 Å². The smallest absolute Gasteiger partial charge is 0.408 e. The SMILES string of the molecule is COc1ccc2c(O[C@@H]3C[C@H]4C(=O)N[C@]5(C(=O)NS(=O)(=O)C6(CF)CC6)C[C@H]5/C=C\CC[C@@H](C)C[C@@H](C)[C@H](N(C(=O)O)C(C)(C)C(F)F)C(=O)N4C3)nc3c(c2c1)CCCO3. The number of allylic oxidation sites excluding steroid dienone is 1. The zero-order valence-corrected chi connectivity index (χ0v) is 35.7. The van der Waals surface area contributed by atoms with Crippen LogP contribution >= 0.6 is 0 Å². The third-order valence-corrected chi connectivity index (χ3v) is 15.3. The van der Waals surface area contributed by atoms with E-state index in [1.807, 2.05) is 17.7 Å². The number of rotatable bonds is 10. The number of benzene rings is 1. The summed E-state index contributed by atoms with van der Waals surface area (Å²) in [4.78, 5) is 63.2. The van der Waals surface area contributed by atoms with E-state index in [4.69, 9.17) is 19.2 Å². The number of sulfonamides is 1. The number of aryl methyl sites for hydroxylation is 1. The van der Waals surface area contributed by atoms with E-state index in [2.05, 4.69) is 5.32 Å². The summed E-state index contributed by atoms with van der Waals surface area (Å²) in [5, 5.41) is 14.6. The number of aromatic nitrogens is 1. The second-order valence-electron chi connectivity index (χ2n) is 17.9. The van der Waals surface area contributed by atoms with Crippen molar-refractivity contribution in [2.45, 2.75) is 126 Å². The van der Waals surface area contributed by atoms with Crippen molar-refractivity contribution in [2.75, 3.05) is 26.9 Å². The number of amides is 4. The third kappa shape index (κ3) is 8.18. The van der Waals surface area contributed by atoms with Crippen molar-refractivity contribution in [1.82, 2.24) is 24.8 Å². The number of hydrogen-bond donors (Lipinski definition) is 3. The number of ether oxygens (including phenoxy) is 3. The van der Waals surface area contributed by atoms with Crippen LogP contribution in [0.3, 0.4) is 0 Å². The number of fused-ring (bicyclic) bond motifs is 5. The minimum atomic E-state index is -4.48. The zero-order chi connectivity index (χ0) is 44.2. The minimum Gasteiger partial charge on any atom is -0.497 e. The second-order valence-corrected chi connectivity index (χ2v) is 20.0. The first-order valence-corrected chi connectivity index (χ1v) is 22.3. The van der Waals surface area contributed by atoms with Crippen LogP contribution in [0.5, 0.6) is 17.5 Å². The number of pyridine rings is 1. The van der Waals surface area contributed by atoms with E-state index < -0.39 is 92.8 Å². The standard InChI is InChI=1S/C42H54F3N5O10S/c1-23-9-6-7-10-25-20-42(25,38(53)48-61(56,57)41(22-43)14-15-41)47-33(51)31-19-27(21-49(31)36(52)32(24(2)17-23)50(39(54)55)40(3,4)37(44)45)60-35-29-13-12-26(58-5)18-30(29)28-11-8-16-59-34(28)46-35/h7,10,12-13,18,23-25,27,31-32,37H,6,8-9,11,14-17,19-22H2,1-5H3,(H,47,51)(H,48,53)(H,54,55)/b10-7-/t23-,24-,25-,27-,31+,32+,42-/m1/s1. The van der Waals surface area contributed by atoms with Crippen LogP contribution in [0.15, 0.2) is 30.4 Å². The lowest BCUT2D eigenvalue weighted by Gasteiger charge is -2.44. The Labute approximate surface area is 352 Å². The van der Waals surface area contributed by atoms with Gasteiger partial charge in [-0.15, -0.1) is 0 Å². The van der Waals surface area contributed by atoms with Crippen LogP contribution in [-0.4, -0.2) is 119 Å². The first kappa shape index (κ1) is 44.3. The van der Waals surface area contributed by atoms with Crippen LogP contribution in [0.25, 0.3) is 10.8 Å². The van der Waals surface area contributed by atoms with E-state index in [-0.39, 0.29) is 50.4 Å². The monoisotopic (exact) mass is 877 g/mol. The van der Waals surface area contributed by atoms with Gasteiger partial charge in [-0.3, -0.25) is 24.0 Å². The van der Waals surface area contributed by atoms with Crippen LogP contribution < -0.4 is 24.2 Å². The number of alkyl halides is 3. The first-order valence-electron chi connectivity index (χ1n) is 20.8. The maximum atomic E-state index is 15.1. The van der Waals surface area contributed by atoms with E-state index in [0.29, 0.717) is 47.8 Å². The molecule has 2 aliphatic carbocycles. The summed E-state index contributed by atoms with van der Waals surface area (Å²) in [6.45, 7) is 4.51. The number of carbonyl (C=O) groups is 4. The lowest BCUT2D eigenvalue weighted by atomic mass is 9.85. The van der Waals surface area contributed by atoms with Gasteiger partial charge in [0.2, 0.25) is 33.6 Å². The highest BCUT2D eigenvalue weighted by atomic mass is 32.2. The van der Waals surface area contributed by atoms with Crippen molar-refractivity contribution < 1.29 is 60.1 Å². The van der Waals surface area contributed by atoms with Gasteiger partial charge in [0.15, 0.2) is 0 Å². The van der Waals surface area contributed by atoms with Crippen LogP contribution in [-0.2, 0) is 30.8 Å². The van der Waals surface area contributed by atoms with Crippen molar-refractivity contribution >= 4 is 44.6 Å². The Balaban J connectivity index is 1.30. The van der Waals surface area contributed by atoms with Gasteiger partial charge in [0, 0.05) is 23.3 Å². The number of halogens is 3. The second kappa shape index (κ2) is 16.5. The summed E-state index contributed by atoms with van der Waals surface area (Å²) in [5.41, 5.74) is -3.29. The van der Waals surface area contributed by atoms with Crippen LogP contribution in [0.1, 0.15) is 84.6 Å². The number of hydrogen-bond acceptors (Lipinski definition) is 10. The predicted molar refractivity (Wildman–Crippen MR) is 216 cm³/mol. The van der Waals surface area contributed by atoms with Crippen molar-refractivity contribution in [2.24, 2.45) is 17.8 Å². The number of methoxy groups -OCH3 is 1. The summed E-state index contributed by atoms with van der Waals surface area (Å²) >= 11 is 0. The van der Waals surface area contributed by atoms with Crippen molar-refractivity contribution in [3.8, 4) is 17.5 Å². The molecule has 4 heterocycles. The summed E-state index contributed by atoms with van der Waals surface area (Å²) < 4.78 is 88.2. The Kier molecular flexibility index (Phi) is 12.0. The molecule has 3 fully saturated rings. The quantitative estimate of drug-likeness (QED) is 0.268. The van der Waals surface area contributed by atoms with E-state index in [1.165, 1.54) is 7.11 Å². The van der Waals surface area contributed by atoms with Gasteiger partial charge in [0.05, 0.1) is 20.3 Å². The maximum Gasteiger partial charge on any atom is 0.408 e. The number of carbonyl (C=O) groups excluding carboxylic acids is 3. The van der Waals surface area contributed by atoms with Gasteiger partial charge in [-0.1, -0.05) is 26.0 Å². The molecular formula is C42H54F3N5O10S. The lowest BCUT2D eigenvalue weighted by molar-refractivity contribution is -0.149. The normalized spacial score (nSPS) is 29.4. The molecule has 2 saturated carbocycles. The van der Waals surface area contributed by atoms with Crippen molar-refractivity contribution in [3.05, 3.63) is 35.9 Å². The predicted octanol–water partition coefficient (Wildman–Crippen LogP) is 5.14. The molecule has 1 saturated heterocycles. The van der Waals surface area contributed by atoms with Crippen molar-refractivity contribution in [1.29, 1.82) is 0 Å². The average Bonchev–Trinajstić information content (AvgIpc) is 4.12. The molecule has 7 rings (SSSR count). The molecule has 3 N–H and O–H groups in total. The van der Waals surface area contributed by atoms with Gasteiger partial charge in [0.25, 0.3) is 12.3 Å². The third-order valence-electron chi connectivity index (χ3n) is 13.2. The zero-order valence-electron chi connectivity index (χ0n) is 34.9. The van der Waals surface area contributed by atoms with Crippen LogP contribution in [0.4, 0.5) is 18.0 Å². The Morgan fingerprint density at radius 3 is 2.57 bits per heavy atom. The molecular weight excluding hydrogens is 824 g/mol. The summed E-state index contributed by atoms with van der Waals surface area (Å²) in [6, 6.07) is 2.18. The van der Waals surface area contributed by atoms with Crippen LogP contribution in [0, 0.1) is 17.8 Å². The Morgan fingerprint density at radius 1 is 1.18 bits per heavy atom. The lowest BCUT2D eigenvalue weighted by Crippen LogP contribution is -2.64. The Morgan fingerprint density at radius 2 is 1.92 bits per heavy atom. The molecule has 7 atom stereocenters. The molecule has 0 spiro atoms. The largest absolute Gasteiger partial charge is 0.497 e. The molecule has 0 radical (unpaired) electrons. The minimum absolute atomic E-state index is 0.00110. The molecule has 2 aromatic rings. The molecule has 3 aliphatic heterocycles. The van der Waals surface area contributed by atoms with E-state index in [0.717, 1.165) is 36.1 Å². The summed E-state index contributed by atoms with van der Waals surface area (Å²) in [7, 11) is -2.95. The average molecular weight is 878 g/mol. The fourth-order valence-electron chi connectivity index (χ4n) is 9.17. The highest BCUT2D eigenvalue weighted by Gasteiger charge is 2.64. The highest BCUT2D eigenvalue weighted by molar-refractivity contribution is 7.91. The van der Waals surface area contributed by atoms with Gasteiger partial charge < -0.3 is 29.5 Å². The first-order chi connectivity index (χ1) is 28.8. The highest BCUT2D eigenvalue weighted by Crippen LogP contribution is 2.48. The number of nitrogens with one attached hydrogen (secondary N) is 2. The van der Waals surface area contributed by atoms with E-state index in [9.17, 15) is 41.1 Å². The van der Waals surface area contributed by atoms with Gasteiger partial charge in [-0.2, -0.15) is 4.98 Å². The maximum absolute atomic E-state index is 15.1. The van der Waals surface area contributed by atoms with E-state index in [1.54, 1.807) is 31.2 Å². The molecule has 334 valence electrons.